The number of ketones is 1. The number of carbonyl (C=O) groups is 2. The number of aliphatic hydroxyl groups is 1. The Morgan fingerprint density at radius 3 is 2.41 bits per heavy atom. The van der Waals surface area contributed by atoms with Crippen molar-refractivity contribution in [1.29, 1.82) is 0 Å². The molecule has 0 aliphatic heterocycles. The Hall–Kier alpha value is -4.16. The van der Waals surface area contributed by atoms with E-state index < -0.39 is 6.10 Å². The van der Waals surface area contributed by atoms with Gasteiger partial charge in [-0.15, -0.1) is 0 Å². The zero-order valence-electron chi connectivity index (χ0n) is 21.8. The van der Waals surface area contributed by atoms with Crippen LogP contribution in [0.3, 0.4) is 0 Å². The summed E-state index contributed by atoms with van der Waals surface area (Å²) in [6.07, 6.45) is 3.84. The molecule has 1 aliphatic carbocycles. The molecule has 1 aliphatic rings. The van der Waals surface area contributed by atoms with Crippen molar-refractivity contribution in [3.63, 3.8) is 0 Å². The zero-order chi connectivity index (χ0) is 27.4. The van der Waals surface area contributed by atoms with Crippen molar-refractivity contribution < 1.29 is 19.1 Å². The van der Waals surface area contributed by atoms with Crippen molar-refractivity contribution in [3.8, 4) is 11.1 Å². The molecular weight excluding hydrogens is 491 g/mol. The molecule has 0 saturated heterocycles. The first kappa shape index (κ1) is 26.4. The second kappa shape index (κ2) is 11.7. The van der Waals surface area contributed by atoms with Gasteiger partial charge in [0.2, 0.25) is 5.91 Å². The SMILES string of the molecule is C[C@H](NC(=O)C[C@H](O)CC(=O)/C=C/c1c(C2CC2)nc2ccccc2c1-c1ccc(F)cc1)c1ccccc1. The lowest BCUT2D eigenvalue weighted by Gasteiger charge is -2.16. The number of nitrogens with one attached hydrogen (secondary N) is 1. The second-order valence-electron chi connectivity index (χ2n) is 10.1. The Morgan fingerprint density at radius 2 is 1.69 bits per heavy atom. The number of aromatic nitrogens is 1. The number of allylic oxidation sites excluding steroid dienone is 1. The molecule has 1 aromatic heterocycles. The van der Waals surface area contributed by atoms with Gasteiger partial charge in [-0.2, -0.15) is 0 Å². The summed E-state index contributed by atoms with van der Waals surface area (Å²) in [6.45, 7) is 1.88. The van der Waals surface area contributed by atoms with E-state index in [0.29, 0.717) is 5.92 Å². The van der Waals surface area contributed by atoms with Crippen LogP contribution >= 0.6 is 0 Å². The molecule has 1 saturated carbocycles. The number of para-hydroxylation sites is 1. The van der Waals surface area contributed by atoms with E-state index in [1.807, 2.05) is 61.5 Å². The van der Waals surface area contributed by atoms with Gasteiger partial charge in [0.15, 0.2) is 5.78 Å². The first-order valence-electron chi connectivity index (χ1n) is 13.3. The predicted octanol–water partition coefficient (Wildman–Crippen LogP) is 6.52. The Labute approximate surface area is 227 Å². The molecule has 1 fully saturated rings. The van der Waals surface area contributed by atoms with Gasteiger partial charge in [-0.1, -0.05) is 60.7 Å². The largest absolute Gasteiger partial charge is 0.392 e. The molecule has 0 spiro atoms. The van der Waals surface area contributed by atoms with Gasteiger partial charge in [-0.05, 0) is 61.2 Å². The Kier molecular flexibility index (Phi) is 7.94. The van der Waals surface area contributed by atoms with E-state index in [4.69, 9.17) is 4.98 Å². The van der Waals surface area contributed by atoms with E-state index in [-0.39, 0.29) is 36.4 Å². The number of rotatable bonds is 10. The fourth-order valence-electron chi connectivity index (χ4n) is 4.90. The molecule has 39 heavy (non-hydrogen) atoms. The van der Waals surface area contributed by atoms with Crippen LogP contribution in [0.5, 0.6) is 0 Å². The van der Waals surface area contributed by atoms with Crippen molar-refractivity contribution in [3.05, 3.63) is 108 Å². The number of carbonyl (C=O) groups excluding carboxylic acids is 2. The van der Waals surface area contributed by atoms with Crippen LogP contribution in [-0.2, 0) is 9.59 Å². The van der Waals surface area contributed by atoms with E-state index in [1.165, 1.54) is 18.2 Å². The molecule has 2 atom stereocenters. The number of hydrogen-bond acceptors (Lipinski definition) is 4. The summed E-state index contributed by atoms with van der Waals surface area (Å²) in [5, 5.41) is 14.2. The monoisotopic (exact) mass is 522 g/mol. The van der Waals surface area contributed by atoms with Gasteiger partial charge in [-0.25, -0.2) is 4.39 Å². The number of fused-ring (bicyclic) bond motifs is 1. The first-order valence-corrected chi connectivity index (χ1v) is 13.3. The van der Waals surface area contributed by atoms with Gasteiger partial charge in [0.05, 0.1) is 29.8 Å². The number of nitrogens with zero attached hydrogens (tertiary/aromatic N) is 1. The number of pyridine rings is 1. The van der Waals surface area contributed by atoms with Gasteiger partial charge < -0.3 is 10.4 Å². The quantitative estimate of drug-likeness (QED) is 0.233. The highest BCUT2D eigenvalue weighted by Crippen LogP contribution is 2.45. The smallest absolute Gasteiger partial charge is 0.223 e. The predicted molar refractivity (Wildman–Crippen MR) is 151 cm³/mol. The fourth-order valence-corrected chi connectivity index (χ4v) is 4.90. The van der Waals surface area contributed by atoms with Crippen LogP contribution in [0.15, 0.2) is 84.9 Å². The molecule has 6 heteroatoms. The Balaban J connectivity index is 1.35. The van der Waals surface area contributed by atoms with E-state index in [2.05, 4.69) is 5.32 Å². The highest BCUT2D eigenvalue weighted by Gasteiger charge is 2.29. The van der Waals surface area contributed by atoms with Gasteiger partial charge >= 0.3 is 0 Å². The third-order valence-corrected chi connectivity index (χ3v) is 7.03. The molecule has 198 valence electrons. The molecule has 1 amide bonds. The maximum absolute atomic E-state index is 13.7. The van der Waals surface area contributed by atoms with Crippen molar-refractivity contribution in [2.45, 2.75) is 50.7 Å². The maximum atomic E-state index is 13.7. The summed E-state index contributed by atoms with van der Waals surface area (Å²) >= 11 is 0. The summed E-state index contributed by atoms with van der Waals surface area (Å²) in [7, 11) is 0. The summed E-state index contributed by atoms with van der Waals surface area (Å²) in [5.74, 6) is -0.609. The highest BCUT2D eigenvalue weighted by atomic mass is 19.1. The minimum Gasteiger partial charge on any atom is -0.392 e. The number of hydrogen-bond donors (Lipinski definition) is 2. The number of amides is 1. The molecule has 3 aromatic carbocycles. The Bertz CT molecular complexity index is 1510. The zero-order valence-corrected chi connectivity index (χ0v) is 21.8. The van der Waals surface area contributed by atoms with Gasteiger partial charge in [0.1, 0.15) is 5.82 Å². The Morgan fingerprint density at radius 1 is 1.00 bits per heavy atom. The first-order chi connectivity index (χ1) is 18.9. The topological polar surface area (TPSA) is 79.3 Å². The molecule has 0 unspecified atom stereocenters. The van der Waals surface area contributed by atoms with E-state index in [0.717, 1.165) is 51.7 Å². The second-order valence-corrected chi connectivity index (χ2v) is 10.1. The van der Waals surface area contributed by atoms with Crippen LogP contribution in [0.25, 0.3) is 28.1 Å². The van der Waals surface area contributed by atoms with Crippen molar-refractivity contribution in [2.24, 2.45) is 0 Å². The summed E-state index contributed by atoms with van der Waals surface area (Å²) in [4.78, 5) is 30.2. The summed E-state index contributed by atoms with van der Waals surface area (Å²) in [5.41, 5.74) is 5.32. The molecule has 5 nitrogen and oxygen atoms in total. The molecule has 0 bridgehead atoms. The maximum Gasteiger partial charge on any atom is 0.223 e. The molecule has 0 radical (unpaired) electrons. The van der Waals surface area contributed by atoms with E-state index in [1.54, 1.807) is 18.2 Å². The normalized spacial score (nSPS) is 14.8. The summed E-state index contributed by atoms with van der Waals surface area (Å²) in [6, 6.07) is 23.5. The van der Waals surface area contributed by atoms with Crippen LogP contribution in [0.2, 0.25) is 0 Å². The fraction of sp³-hybridized carbons (Fsp3) is 0.242. The average Bonchev–Trinajstić information content (AvgIpc) is 3.77. The average molecular weight is 523 g/mol. The lowest BCUT2D eigenvalue weighted by Crippen LogP contribution is -2.30. The van der Waals surface area contributed by atoms with Crippen LogP contribution in [-0.4, -0.2) is 27.9 Å². The minimum absolute atomic E-state index is 0.164. The molecule has 2 N–H and O–H groups in total. The van der Waals surface area contributed by atoms with Crippen LogP contribution < -0.4 is 5.32 Å². The third kappa shape index (κ3) is 6.47. The number of halogens is 1. The molecule has 4 aromatic rings. The lowest BCUT2D eigenvalue weighted by atomic mass is 9.92. The van der Waals surface area contributed by atoms with Crippen LogP contribution in [0.1, 0.15) is 61.4 Å². The molecule has 5 rings (SSSR count). The molecular formula is C33H31FN2O3. The van der Waals surface area contributed by atoms with E-state index >= 15 is 0 Å². The number of benzene rings is 3. The van der Waals surface area contributed by atoms with Crippen LogP contribution in [0.4, 0.5) is 4.39 Å². The minimum atomic E-state index is -1.10. The van der Waals surface area contributed by atoms with Crippen LogP contribution in [0, 0.1) is 5.82 Å². The lowest BCUT2D eigenvalue weighted by molar-refractivity contribution is -0.124. The number of aliphatic hydroxyl groups excluding tert-OH is 1. The van der Waals surface area contributed by atoms with Crippen molar-refractivity contribution in [1.82, 2.24) is 10.3 Å². The van der Waals surface area contributed by atoms with Crippen molar-refractivity contribution >= 4 is 28.7 Å². The third-order valence-electron chi connectivity index (χ3n) is 7.03. The van der Waals surface area contributed by atoms with Gasteiger partial charge in [0.25, 0.3) is 0 Å². The van der Waals surface area contributed by atoms with Gasteiger partial charge in [0, 0.05) is 28.9 Å². The highest BCUT2D eigenvalue weighted by molar-refractivity contribution is 6.02. The summed E-state index contributed by atoms with van der Waals surface area (Å²) < 4.78 is 13.7. The van der Waals surface area contributed by atoms with E-state index in [9.17, 15) is 19.1 Å². The van der Waals surface area contributed by atoms with Crippen molar-refractivity contribution in [2.75, 3.05) is 0 Å². The molecule has 1 heterocycles. The standard InChI is InChI=1S/C33H31FN2O3/c1-21(22-7-3-2-4-8-22)35-31(39)20-27(38)19-26(37)17-18-29-32(23-13-15-25(34)16-14-23)28-9-5-6-10-30(28)36-33(29)24-11-12-24/h2-10,13-18,21,24,27,38H,11-12,19-20H2,1H3,(H,35,39)/b18-17+/t21-,27+/m0/s1. The van der Waals surface area contributed by atoms with Gasteiger partial charge in [-0.3, -0.25) is 14.6 Å².